The SMILES string of the molecule is CCN1C[C@@H](C)N(CCNN)C[C@H]1C. The Morgan fingerprint density at radius 2 is 1.79 bits per heavy atom. The van der Waals surface area contributed by atoms with E-state index in [0.29, 0.717) is 12.1 Å². The zero-order valence-corrected chi connectivity index (χ0v) is 9.66. The Morgan fingerprint density at radius 1 is 1.21 bits per heavy atom. The highest BCUT2D eigenvalue weighted by Crippen LogP contribution is 2.13. The van der Waals surface area contributed by atoms with Gasteiger partial charge in [-0.3, -0.25) is 21.1 Å². The van der Waals surface area contributed by atoms with E-state index in [1.54, 1.807) is 0 Å². The number of hydrogen-bond donors (Lipinski definition) is 2. The number of nitrogens with zero attached hydrogens (tertiary/aromatic N) is 2. The minimum Gasteiger partial charge on any atom is -0.298 e. The summed E-state index contributed by atoms with van der Waals surface area (Å²) in [5.41, 5.74) is 2.72. The van der Waals surface area contributed by atoms with Gasteiger partial charge in [0.15, 0.2) is 0 Å². The van der Waals surface area contributed by atoms with E-state index in [1.165, 1.54) is 6.54 Å². The summed E-state index contributed by atoms with van der Waals surface area (Å²) >= 11 is 0. The van der Waals surface area contributed by atoms with Gasteiger partial charge in [0.2, 0.25) is 0 Å². The van der Waals surface area contributed by atoms with Crippen LogP contribution in [-0.2, 0) is 0 Å². The zero-order valence-electron chi connectivity index (χ0n) is 9.66. The predicted molar refractivity (Wildman–Crippen MR) is 59.9 cm³/mol. The summed E-state index contributed by atoms with van der Waals surface area (Å²) in [6, 6.07) is 1.33. The second-order valence-electron chi connectivity index (χ2n) is 4.23. The Morgan fingerprint density at radius 3 is 2.36 bits per heavy atom. The first-order valence-electron chi connectivity index (χ1n) is 5.60. The van der Waals surface area contributed by atoms with Crippen molar-refractivity contribution < 1.29 is 0 Å². The van der Waals surface area contributed by atoms with Crippen LogP contribution in [0.3, 0.4) is 0 Å². The molecule has 14 heavy (non-hydrogen) atoms. The molecule has 1 heterocycles. The van der Waals surface area contributed by atoms with Gasteiger partial charge in [0.1, 0.15) is 0 Å². The molecule has 0 aromatic rings. The van der Waals surface area contributed by atoms with Crippen LogP contribution in [0.2, 0.25) is 0 Å². The average Bonchev–Trinajstić information content (AvgIpc) is 2.18. The molecule has 1 aliphatic heterocycles. The second kappa shape index (κ2) is 5.66. The third-order valence-electron chi connectivity index (χ3n) is 3.19. The Kier molecular flexibility index (Phi) is 4.81. The summed E-state index contributed by atoms with van der Waals surface area (Å²) < 4.78 is 0. The summed E-state index contributed by atoms with van der Waals surface area (Å²) in [7, 11) is 0. The quantitative estimate of drug-likeness (QED) is 0.490. The minimum absolute atomic E-state index is 0.652. The maximum Gasteiger partial charge on any atom is 0.0225 e. The molecule has 0 radical (unpaired) electrons. The van der Waals surface area contributed by atoms with E-state index in [1.807, 2.05) is 0 Å². The number of hydrazine groups is 1. The number of piperazine rings is 1. The first-order chi connectivity index (χ1) is 6.69. The van der Waals surface area contributed by atoms with Crippen LogP contribution in [0.5, 0.6) is 0 Å². The molecule has 1 fully saturated rings. The zero-order chi connectivity index (χ0) is 10.6. The van der Waals surface area contributed by atoms with Crippen molar-refractivity contribution in [1.29, 1.82) is 0 Å². The van der Waals surface area contributed by atoms with Gasteiger partial charge in [-0.2, -0.15) is 0 Å². The molecule has 0 aromatic carbocycles. The first kappa shape index (κ1) is 11.9. The van der Waals surface area contributed by atoms with Crippen molar-refractivity contribution in [2.24, 2.45) is 5.84 Å². The predicted octanol–water partition coefficient (Wildman–Crippen LogP) is -0.136. The third-order valence-corrected chi connectivity index (χ3v) is 3.19. The summed E-state index contributed by atoms with van der Waals surface area (Å²) in [6.45, 7) is 12.3. The van der Waals surface area contributed by atoms with Crippen LogP contribution in [0, 0.1) is 0 Å². The Balaban J connectivity index is 2.40. The maximum atomic E-state index is 5.29. The molecule has 0 spiro atoms. The summed E-state index contributed by atoms with van der Waals surface area (Å²) in [4.78, 5) is 5.05. The van der Waals surface area contributed by atoms with Crippen LogP contribution in [0.1, 0.15) is 20.8 Å². The number of rotatable bonds is 4. The van der Waals surface area contributed by atoms with Crippen molar-refractivity contribution >= 4 is 0 Å². The van der Waals surface area contributed by atoms with Gasteiger partial charge in [0.25, 0.3) is 0 Å². The highest BCUT2D eigenvalue weighted by Gasteiger charge is 2.27. The van der Waals surface area contributed by atoms with E-state index >= 15 is 0 Å². The highest BCUT2D eigenvalue weighted by atomic mass is 15.3. The Hall–Kier alpha value is -0.160. The number of hydrogen-bond acceptors (Lipinski definition) is 4. The normalized spacial score (nSPS) is 30.9. The molecule has 4 heteroatoms. The number of nitrogens with two attached hydrogens (primary N) is 1. The first-order valence-corrected chi connectivity index (χ1v) is 5.60. The second-order valence-corrected chi connectivity index (χ2v) is 4.23. The van der Waals surface area contributed by atoms with Crippen molar-refractivity contribution in [3.63, 3.8) is 0 Å². The van der Waals surface area contributed by atoms with Crippen LogP contribution in [0.4, 0.5) is 0 Å². The fraction of sp³-hybridized carbons (Fsp3) is 1.00. The average molecular weight is 200 g/mol. The topological polar surface area (TPSA) is 44.5 Å². The van der Waals surface area contributed by atoms with E-state index in [-0.39, 0.29) is 0 Å². The van der Waals surface area contributed by atoms with E-state index in [4.69, 9.17) is 5.84 Å². The number of likely N-dealkylation sites (N-methyl/N-ethyl adjacent to an activating group) is 1. The van der Waals surface area contributed by atoms with Gasteiger partial charge in [0, 0.05) is 38.3 Å². The maximum absolute atomic E-state index is 5.29. The Bertz CT molecular complexity index is 162. The van der Waals surface area contributed by atoms with Gasteiger partial charge < -0.3 is 0 Å². The van der Waals surface area contributed by atoms with Crippen molar-refractivity contribution in [3.05, 3.63) is 0 Å². The molecule has 1 rings (SSSR count). The molecule has 4 nitrogen and oxygen atoms in total. The van der Waals surface area contributed by atoms with Crippen LogP contribution in [0.15, 0.2) is 0 Å². The molecule has 2 atom stereocenters. The van der Waals surface area contributed by atoms with Gasteiger partial charge in [-0.25, -0.2) is 0 Å². The van der Waals surface area contributed by atoms with Crippen molar-refractivity contribution in [3.8, 4) is 0 Å². The monoisotopic (exact) mass is 200 g/mol. The largest absolute Gasteiger partial charge is 0.298 e. The molecule has 84 valence electrons. The van der Waals surface area contributed by atoms with Crippen LogP contribution in [0.25, 0.3) is 0 Å². The molecule has 0 aromatic heterocycles. The number of nitrogens with one attached hydrogen (secondary N) is 1. The smallest absolute Gasteiger partial charge is 0.0225 e. The van der Waals surface area contributed by atoms with Gasteiger partial charge in [0.05, 0.1) is 0 Å². The van der Waals surface area contributed by atoms with Gasteiger partial charge in [-0.1, -0.05) is 6.92 Å². The molecule has 0 aliphatic carbocycles. The molecular weight excluding hydrogens is 176 g/mol. The van der Waals surface area contributed by atoms with Crippen LogP contribution < -0.4 is 11.3 Å². The standard InChI is InChI=1S/C10H24N4/c1-4-13-7-10(3)14(6-5-12-11)8-9(13)2/h9-10,12H,4-8,11H2,1-3H3/t9-,10-/m1/s1. The van der Waals surface area contributed by atoms with Crippen molar-refractivity contribution in [1.82, 2.24) is 15.2 Å². The summed E-state index contributed by atoms with van der Waals surface area (Å²) in [5.74, 6) is 5.29. The van der Waals surface area contributed by atoms with Crippen molar-refractivity contribution in [2.75, 3.05) is 32.7 Å². The fourth-order valence-electron chi connectivity index (χ4n) is 2.23. The van der Waals surface area contributed by atoms with Crippen LogP contribution >= 0.6 is 0 Å². The lowest BCUT2D eigenvalue weighted by molar-refractivity contribution is 0.0471. The van der Waals surface area contributed by atoms with Gasteiger partial charge in [-0.05, 0) is 20.4 Å². The Labute approximate surface area is 87.4 Å². The molecular formula is C10H24N4. The molecule has 1 aliphatic rings. The molecule has 3 N–H and O–H groups in total. The third kappa shape index (κ3) is 2.92. The van der Waals surface area contributed by atoms with Crippen molar-refractivity contribution in [2.45, 2.75) is 32.9 Å². The van der Waals surface area contributed by atoms with E-state index in [9.17, 15) is 0 Å². The summed E-state index contributed by atoms with van der Waals surface area (Å²) in [6.07, 6.45) is 0. The van der Waals surface area contributed by atoms with Crippen LogP contribution in [-0.4, -0.2) is 54.6 Å². The fourth-order valence-corrected chi connectivity index (χ4v) is 2.23. The molecule has 0 amide bonds. The van der Waals surface area contributed by atoms with Gasteiger partial charge in [-0.15, -0.1) is 0 Å². The van der Waals surface area contributed by atoms with E-state index < -0.39 is 0 Å². The lowest BCUT2D eigenvalue weighted by atomic mass is 10.1. The molecule has 0 saturated carbocycles. The van der Waals surface area contributed by atoms with Gasteiger partial charge >= 0.3 is 0 Å². The molecule has 0 bridgehead atoms. The van der Waals surface area contributed by atoms with E-state index in [2.05, 4.69) is 36.0 Å². The lowest BCUT2D eigenvalue weighted by Gasteiger charge is -2.43. The van der Waals surface area contributed by atoms with E-state index in [0.717, 1.165) is 26.2 Å². The summed E-state index contributed by atoms with van der Waals surface area (Å²) in [5, 5.41) is 0. The minimum atomic E-state index is 0.652. The molecule has 0 unspecified atom stereocenters. The molecule has 1 saturated heterocycles. The lowest BCUT2D eigenvalue weighted by Crippen LogP contribution is -2.57. The highest BCUT2D eigenvalue weighted by molar-refractivity contribution is 4.83.